The Bertz CT molecular complexity index is 1450. The number of hydrazone groups is 1. The maximum Gasteiger partial charge on any atom is 0.283 e. The molecule has 0 saturated heterocycles. The number of nitrogens with zero attached hydrogens (tertiary/aromatic N) is 1. The zero-order valence-electron chi connectivity index (χ0n) is 17.9. The lowest BCUT2D eigenvalue weighted by atomic mass is 10.1. The Morgan fingerprint density at radius 1 is 0.941 bits per heavy atom. The number of fused-ring (bicyclic) bond motifs is 2. The number of hydrogen-bond acceptors (Lipinski definition) is 6. The first-order valence-corrected chi connectivity index (χ1v) is 11.5. The van der Waals surface area contributed by atoms with E-state index in [9.17, 15) is 9.59 Å². The van der Waals surface area contributed by atoms with Crippen molar-refractivity contribution in [3.63, 3.8) is 0 Å². The second kappa shape index (κ2) is 9.17. The SMILES string of the molecule is C/C(=N\NC(=O)c1sc2ccccc2c1Cl)c1ccc(NC(=O)c2ccc3c(c2)OCO3)cc1. The van der Waals surface area contributed by atoms with Gasteiger partial charge in [-0.15, -0.1) is 11.3 Å². The summed E-state index contributed by atoms with van der Waals surface area (Å²) in [5.41, 5.74) is 5.07. The number of rotatable bonds is 5. The third-order valence-electron chi connectivity index (χ3n) is 5.26. The minimum absolute atomic E-state index is 0.153. The van der Waals surface area contributed by atoms with E-state index in [2.05, 4.69) is 15.8 Å². The average Bonchev–Trinajstić information content (AvgIpc) is 3.47. The standard InChI is InChI=1S/C25H18ClN3O4S/c1-14(28-29-25(31)23-22(26)18-4-2-3-5-21(18)34-23)15-6-9-17(10-7-15)27-24(30)16-8-11-19-20(12-16)33-13-32-19/h2-12H,13H2,1H3,(H,27,30)(H,29,31)/b28-14+. The number of thiophene rings is 1. The van der Waals surface area contributed by atoms with Crippen molar-refractivity contribution >= 4 is 56.2 Å². The van der Waals surface area contributed by atoms with Crippen LogP contribution in [0, 0.1) is 0 Å². The summed E-state index contributed by atoms with van der Waals surface area (Å²) in [7, 11) is 0. The average molecular weight is 492 g/mol. The summed E-state index contributed by atoms with van der Waals surface area (Å²) in [6.07, 6.45) is 0. The fourth-order valence-electron chi connectivity index (χ4n) is 3.45. The normalized spacial score (nSPS) is 12.6. The van der Waals surface area contributed by atoms with Gasteiger partial charge in [-0.3, -0.25) is 9.59 Å². The molecule has 0 fully saturated rings. The van der Waals surface area contributed by atoms with E-state index in [1.807, 2.05) is 36.4 Å². The van der Waals surface area contributed by atoms with Crippen molar-refractivity contribution in [1.29, 1.82) is 0 Å². The van der Waals surface area contributed by atoms with Crippen LogP contribution in [0.15, 0.2) is 71.8 Å². The highest BCUT2D eigenvalue weighted by molar-refractivity contribution is 7.21. The van der Waals surface area contributed by atoms with Gasteiger partial charge in [-0.05, 0) is 48.9 Å². The molecule has 0 saturated carbocycles. The van der Waals surface area contributed by atoms with E-state index in [1.165, 1.54) is 11.3 Å². The second-order valence-corrected chi connectivity index (χ2v) is 8.91. The number of benzene rings is 3. The van der Waals surface area contributed by atoms with E-state index in [4.69, 9.17) is 21.1 Å². The minimum atomic E-state index is -0.363. The molecule has 2 heterocycles. The first-order chi connectivity index (χ1) is 16.5. The van der Waals surface area contributed by atoms with Crippen LogP contribution in [0.1, 0.15) is 32.5 Å². The van der Waals surface area contributed by atoms with Crippen molar-refractivity contribution in [3.8, 4) is 11.5 Å². The van der Waals surface area contributed by atoms with Gasteiger partial charge in [0.2, 0.25) is 6.79 Å². The van der Waals surface area contributed by atoms with Crippen LogP contribution >= 0.6 is 22.9 Å². The summed E-state index contributed by atoms with van der Waals surface area (Å²) < 4.78 is 11.5. The van der Waals surface area contributed by atoms with Gasteiger partial charge in [0.25, 0.3) is 11.8 Å². The quantitative estimate of drug-likeness (QED) is 0.277. The van der Waals surface area contributed by atoms with Crippen LogP contribution in [0.2, 0.25) is 5.02 Å². The van der Waals surface area contributed by atoms with Crippen molar-refractivity contribution in [2.45, 2.75) is 6.92 Å². The molecule has 0 radical (unpaired) electrons. The lowest BCUT2D eigenvalue weighted by Crippen LogP contribution is -2.18. The summed E-state index contributed by atoms with van der Waals surface area (Å²) in [5.74, 6) is 0.549. The fourth-order valence-corrected chi connectivity index (χ4v) is 4.85. The van der Waals surface area contributed by atoms with Crippen LogP contribution in [0.3, 0.4) is 0 Å². The second-order valence-electron chi connectivity index (χ2n) is 7.48. The molecule has 7 nitrogen and oxygen atoms in total. The monoisotopic (exact) mass is 491 g/mol. The van der Waals surface area contributed by atoms with Gasteiger partial charge in [-0.25, -0.2) is 5.43 Å². The maximum absolute atomic E-state index is 12.6. The van der Waals surface area contributed by atoms with Gasteiger partial charge in [-0.1, -0.05) is 41.9 Å². The molecule has 170 valence electrons. The predicted molar refractivity (Wildman–Crippen MR) is 133 cm³/mol. The molecule has 9 heteroatoms. The van der Waals surface area contributed by atoms with E-state index in [0.29, 0.717) is 38.4 Å². The highest BCUT2D eigenvalue weighted by Gasteiger charge is 2.17. The molecule has 0 bridgehead atoms. The van der Waals surface area contributed by atoms with Crippen LogP contribution in [0.4, 0.5) is 5.69 Å². The Kier molecular flexibility index (Phi) is 5.91. The van der Waals surface area contributed by atoms with E-state index in [1.54, 1.807) is 37.3 Å². The third kappa shape index (κ3) is 4.33. The summed E-state index contributed by atoms with van der Waals surface area (Å²) in [6, 6.07) is 19.8. The molecule has 0 aliphatic carbocycles. The van der Waals surface area contributed by atoms with E-state index in [0.717, 1.165) is 15.6 Å². The van der Waals surface area contributed by atoms with Crippen molar-refractivity contribution in [1.82, 2.24) is 5.43 Å². The maximum atomic E-state index is 12.6. The molecule has 0 spiro atoms. The highest BCUT2D eigenvalue weighted by atomic mass is 35.5. The van der Waals surface area contributed by atoms with Gasteiger partial charge in [0.05, 0.1) is 10.7 Å². The number of amides is 2. The van der Waals surface area contributed by atoms with Gasteiger partial charge in [0, 0.05) is 21.3 Å². The summed E-state index contributed by atoms with van der Waals surface area (Å²) in [4.78, 5) is 25.6. The topological polar surface area (TPSA) is 89.0 Å². The highest BCUT2D eigenvalue weighted by Crippen LogP contribution is 2.35. The number of anilines is 1. The van der Waals surface area contributed by atoms with E-state index < -0.39 is 0 Å². The Labute approximate surface area is 204 Å². The zero-order chi connectivity index (χ0) is 23.7. The number of ether oxygens (including phenoxy) is 2. The largest absolute Gasteiger partial charge is 0.454 e. The molecule has 34 heavy (non-hydrogen) atoms. The molecule has 0 atom stereocenters. The molecule has 4 aromatic rings. The van der Waals surface area contributed by atoms with Crippen LogP contribution in [-0.4, -0.2) is 24.3 Å². The number of halogens is 1. The molecule has 2 amide bonds. The Morgan fingerprint density at radius 2 is 1.68 bits per heavy atom. The summed E-state index contributed by atoms with van der Waals surface area (Å²) in [6.45, 7) is 1.94. The van der Waals surface area contributed by atoms with Crippen LogP contribution in [-0.2, 0) is 0 Å². The van der Waals surface area contributed by atoms with Crippen LogP contribution in [0.5, 0.6) is 11.5 Å². The van der Waals surface area contributed by atoms with Crippen molar-refractivity contribution in [2.75, 3.05) is 12.1 Å². The van der Waals surface area contributed by atoms with E-state index in [-0.39, 0.29) is 18.6 Å². The molecule has 1 aliphatic heterocycles. The Morgan fingerprint density at radius 3 is 2.47 bits per heavy atom. The molecule has 5 rings (SSSR count). The molecule has 1 aliphatic rings. The number of hydrogen-bond donors (Lipinski definition) is 2. The summed E-state index contributed by atoms with van der Waals surface area (Å²) in [5, 5.41) is 8.32. The molecule has 0 unspecified atom stereocenters. The molecule has 2 N–H and O–H groups in total. The number of nitrogens with one attached hydrogen (secondary N) is 2. The molecular weight excluding hydrogens is 474 g/mol. The van der Waals surface area contributed by atoms with E-state index >= 15 is 0 Å². The predicted octanol–water partition coefficient (Wildman–Crippen LogP) is 5.69. The van der Waals surface area contributed by atoms with Crippen molar-refractivity contribution in [2.24, 2.45) is 5.10 Å². The Balaban J connectivity index is 1.24. The third-order valence-corrected chi connectivity index (χ3v) is 6.94. The fraction of sp³-hybridized carbons (Fsp3) is 0.0800. The van der Waals surface area contributed by atoms with Crippen LogP contribution < -0.4 is 20.2 Å². The zero-order valence-corrected chi connectivity index (χ0v) is 19.5. The first kappa shape index (κ1) is 21.9. The van der Waals surface area contributed by atoms with Gasteiger partial charge < -0.3 is 14.8 Å². The first-order valence-electron chi connectivity index (χ1n) is 10.3. The Hall–Kier alpha value is -3.88. The molecule has 3 aromatic carbocycles. The lowest BCUT2D eigenvalue weighted by Gasteiger charge is -2.07. The van der Waals surface area contributed by atoms with Gasteiger partial charge in [0.15, 0.2) is 11.5 Å². The lowest BCUT2D eigenvalue weighted by molar-refractivity contribution is 0.0958. The van der Waals surface area contributed by atoms with Crippen molar-refractivity contribution < 1.29 is 19.1 Å². The molecule has 1 aromatic heterocycles. The smallest absolute Gasteiger partial charge is 0.283 e. The minimum Gasteiger partial charge on any atom is -0.454 e. The molecular formula is C25H18ClN3O4S. The van der Waals surface area contributed by atoms with Crippen molar-refractivity contribution in [3.05, 3.63) is 87.8 Å². The summed E-state index contributed by atoms with van der Waals surface area (Å²) >= 11 is 7.69. The number of carbonyl (C=O) groups is 2. The van der Waals surface area contributed by atoms with Gasteiger partial charge in [0.1, 0.15) is 4.88 Å². The van der Waals surface area contributed by atoms with Crippen LogP contribution in [0.25, 0.3) is 10.1 Å². The number of carbonyl (C=O) groups excluding carboxylic acids is 2. The van der Waals surface area contributed by atoms with Gasteiger partial charge in [-0.2, -0.15) is 5.10 Å². The van der Waals surface area contributed by atoms with Gasteiger partial charge >= 0.3 is 0 Å².